The van der Waals surface area contributed by atoms with Gasteiger partial charge in [0.25, 0.3) is 0 Å². The van der Waals surface area contributed by atoms with Gasteiger partial charge in [-0.05, 0) is 31.8 Å². The van der Waals surface area contributed by atoms with E-state index in [4.69, 9.17) is 21.6 Å². The Bertz CT molecular complexity index is 398. The van der Waals surface area contributed by atoms with Gasteiger partial charge in [-0.2, -0.15) is 5.26 Å². The molecule has 0 spiro atoms. The SMILES string of the molecule is COc1ccc(C(CC#N)N(C)C)cc1Cl. The Hall–Kier alpha value is -1.24. The van der Waals surface area contributed by atoms with Crippen molar-refractivity contribution in [2.45, 2.75) is 12.5 Å². The maximum atomic E-state index is 8.78. The Morgan fingerprint density at radius 1 is 1.50 bits per heavy atom. The van der Waals surface area contributed by atoms with Crippen molar-refractivity contribution in [2.24, 2.45) is 0 Å². The quantitative estimate of drug-likeness (QED) is 0.809. The first-order chi connectivity index (χ1) is 7.60. The minimum atomic E-state index is 0.0633. The molecule has 0 aliphatic carbocycles. The third-order valence-corrected chi connectivity index (χ3v) is 2.76. The molecule has 16 heavy (non-hydrogen) atoms. The molecular weight excluding hydrogens is 224 g/mol. The van der Waals surface area contributed by atoms with Crippen molar-refractivity contribution in [3.8, 4) is 11.8 Å². The molecule has 0 aliphatic rings. The van der Waals surface area contributed by atoms with Crippen molar-refractivity contribution in [3.63, 3.8) is 0 Å². The number of methoxy groups -OCH3 is 1. The van der Waals surface area contributed by atoms with E-state index >= 15 is 0 Å². The van der Waals surface area contributed by atoms with Crippen LogP contribution in [0.1, 0.15) is 18.0 Å². The minimum Gasteiger partial charge on any atom is -0.495 e. The van der Waals surface area contributed by atoms with Gasteiger partial charge in [0.1, 0.15) is 5.75 Å². The van der Waals surface area contributed by atoms with Crippen LogP contribution in [0.5, 0.6) is 5.75 Å². The summed E-state index contributed by atoms with van der Waals surface area (Å²) in [4.78, 5) is 2.00. The fraction of sp³-hybridized carbons (Fsp3) is 0.417. The van der Waals surface area contributed by atoms with E-state index in [1.165, 1.54) is 0 Å². The molecule has 0 N–H and O–H groups in total. The Balaban J connectivity index is 3.02. The van der Waals surface area contributed by atoms with E-state index < -0.39 is 0 Å². The van der Waals surface area contributed by atoms with E-state index in [1.54, 1.807) is 7.11 Å². The number of nitrogens with zero attached hydrogens (tertiary/aromatic N) is 2. The topological polar surface area (TPSA) is 36.3 Å². The van der Waals surface area contributed by atoms with Crippen LogP contribution in [-0.2, 0) is 0 Å². The summed E-state index contributed by atoms with van der Waals surface area (Å²) in [6, 6.07) is 7.85. The highest BCUT2D eigenvalue weighted by molar-refractivity contribution is 6.32. The molecule has 1 unspecified atom stereocenters. The Labute approximate surface area is 101 Å². The second-order valence-electron chi connectivity index (χ2n) is 3.74. The van der Waals surface area contributed by atoms with Crippen LogP contribution >= 0.6 is 11.6 Å². The number of hydrogen-bond donors (Lipinski definition) is 0. The molecule has 0 radical (unpaired) electrons. The van der Waals surface area contributed by atoms with Crippen LogP contribution in [0.2, 0.25) is 5.02 Å². The Morgan fingerprint density at radius 2 is 2.19 bits per heavy atom. The lowest BCUT2D eigenvalue weighted by atomic mass is 10.0. The second-order valence-corrected chi connectivity index (χ2v) is 4.14. The van der Waals surface area contributed by atoms with Gasteiger partial charge in [0.15, 0.2) is 0 Å². The largest absolute Gasteiger partial charge is 0.495 e. The lowest BCUT2D eigenvalue weighted by molar-refractivity contribution is 0.303. The number of benzene rings is 1. The summed E-state index contributed by atoms with van der Waals surface area (Å²) < 4.78 is 5.09. The molecule has 0 saturated carbocycles. The van der Waals surface area contributed by atoms with E-state index in [-0.39, 0.29) is 6.04 Å². The van der Waals surface area contributed by atoms with Gasteiger partial charge in [-0.25, -0.2) is 0 Å². The van der Waals surface area contributed by atoms with Gasteiger partial charge in [-0.15, -0.1) is 0 Å². The molecule has 0 aliphatic heterocycles. The molecular formula is C12H15ClN2O. The van der Waals surface area contributed by atoms with Crippen LogP contribution in [0.25, 0.3) is 0 Å². The van der Waals surface area contributed by atoms with Gasteiger partial charge >= 0.3 is 0 Å². The predicted molar refractivity (Wildman–Crippen MR) is 64.7 cm³/mol. The molecule has 0 heterocycles. The molecule has 0 bridgehead atoms. The van der Waals surface area contributed by atoms with Gasteiger partial charge in [-0.3, -0.25) is 0 Å². The number of hydrogen-bond acceptors (Lipinski definition) is 3. The molecule has 0 aromatic heterocycles. The molecule has 0 fully saturated rings. The molecule has 1 aromatic carbocycles. The van der Waals surface area contributed by atoms with Crippen molar-refractivity contribution in [1.29, 1.82) is 5.26 Å². The molecule has 1 rings (SSSR count). The zero-order valence-corrected chi connectivity index (χ0v) is 10.5. The summed E-state index contributed by atoms with van der Waals surface area (Å²) in [5.74, 6) is 0.653. The van der Waals surface area contributed by atoms with Crippen molar-refractivity contribution in [3.05, 3.63) is 28.8 Å². The van der Waals surface area contributed by atoms with Crippen molar-refractivity contribution >= 4 is 11.6 Å². The fourth-order valence-corrected chi connectivity index (χ4v) is 1.84. The summed E-state index contributed by atoms with van der Waals surface area (Å²) in [6.45, 7) is 0. The standard InChI is InChI=1S/C12H15ClN2O/c1-15(2)11(6-7-14)9-4-5-12(16-3)10(13)8-9/h4-5,8,11H,6H2,1-3H3. The number of ether oxygens (including phenoxy) is 1. The minimum absolute atomic E-state index is 0.0633. The van der Waals surface area contributed by atoms with Crippen LogP contribution in [0.3, 0.4) is 0 Å². The molecule has 0 saturated heterocycles. The van der Waals surface area contributed by atoms with Crippen LogP contribution in [0.15, 0.2) is 18.2 Å². The first-order valence-electron chi connectivity index (χ1n) is 4.97. The number of nitriles is 1. The second kappa shape index (κ2) is 5.74. The highest BCUT2D eigenvalue weighted by atomic mass is 35.5. The van der Waals surface area contributed by atoms with Gasteiger partial charge in [0.05, 0.1) is 24.6 Å². The van der Waals surface area contributed by atoms with Gasteiger partial charge in [-0.1, -0.05) is 17.7 Å². The van der Waals surface area contributed by atoms with Crippen LogP contribution in [0.4, 0.5) is 0 Å². The van der Waals surface area contributed by atoms with Crippen LogP contribution in [0, 0.1) is 11.3 Å². The Morgan fingerprint density at radius 3 is 2.62 bits per heavy atom. The van der Waals surface area contributed by atoms with Crippen LogP contribution < -0.4 is 4.74 Å². The van der Waals surface area contributed by atoms with E-state index in [0.29, 0.717) is 17.2 Å². The highest BCUT2D eigenvalue weighted by Crippen LogP contribution is 2.30. The average molecular weight is 239 g/mol. The smallest absolute Gasteiger partial charge is 0.137 e. The predicted octanol–water partition coefficient (Wildman–Crippen LogP) is 2.86. The van der Waals surface area contributed by atoms with Crippen LogP contribution in [-0.4, -0.2) is 26.1 Å². The molecule has 3 nitrogen and oxygen atoms in total. The molecule has 1 aromatic rings. The number of rotatable bonds is 4. The van der Waals surface area contributed by atoms with Gasteiger partial charge in [0.2, 0.25) is 0 Å². The maximum absolute atomic E-state index is 8.78. The first kappa shape index (κ1) is 12.8. The zero-order valence-electron chi connectivity index (χ0n) is 9.70. The Kier molecular flexibility index (Phi) is 4.60. The number of halogens is 1. The molecule has 1 atom stereocenters. The lowest BCUT2D eigenvalue weighted by Crippen LogP contribution is -2.19. The summed E-state index contributed by atoms with van der Waals surface area (Å²) in [7, 11) is 5.47. The lowest BCUT2D eigenvalue weighted by Gasteiger charge is -2.22. The molecule has 0 amide bonds. The summed E-state index contributed by atoms with van der Waals surface area (Å²) in [6.07, 6.45) is 0.440. The normalized spacial score (nSPS) is 12.2. The first-order valence-corrected chi connectivity index (χ1v) is 5.34. The van der Waals surface area contributed by atoms with E-state index in [2.05, 4.69) is 6.07 Å². The monoisotopic (exact) mass is 238 g/mol. The third kappa shape index (κ3) is 2.88. The summed E-state index contributed by atoms with van der Waals surface area (Å²) >= 11 is 6.05. The van der Waals surface area contributed by atoms with Crippen molar-refractivity contribution < 1.29 is 4.74 Å². The highest BCUT2D eigenvalue weighted by Gasteiger charge is 2.15. The van der Waals surface area contributed by atoms with E-state index in [1.807, 2.05) is 37.2 Å². The van der Waals surface area contributed by atoms with Crippen molar-refractivity contribution in [2.75, 3.05) is 21.2 Å². The summed E-state index contributed by atoms with van der Waals surface area (Å²) in [5.41, 5.74) is 1.03. The van der Waals surface area contributed by atoms with E-state index in [0.717, 1.165) is 5.56 Å². The molecule has 86 valence electrons. The average Bonchev–Trinajstić information content (AvgIpc) is 2.25. The maximum Gasteiger partial charge on any atom is 0.137 e. The van der Waals surface area contributed by atoms with Gasteiger partial charge in [0, 0.05) is 6.04 Å². The van der Waals surface area contributed by atoms with Gasteiger partial charge < -0.3 is 9.64 Å². The van der Waals surface area contributed by atoms with Crippen molar-refractivity contribution in [1.82, 2.24) is 4.90 Å². The third-order valence-electron chi connectivity index (χ3n) is 2.47. The molecule has 4 heteroatoms. The van der Waals surface area contributed by atoms with E-state index in [9.17, 15) is 0 Å². The zero-order chi connectivity index (χ0) is 12.1. The summed E-state index contributed by atoms with van der Waals surface area (Å²) in [5, 5.41) is 9.36. The fourth-order valence-electron chi connectivity index (χ4n) is 1.57.